The molecule has 0 spiro atoms. The van der Waals surface area contributed by atoms with Crippen molar-refractivity contribution >= 4 is 34.7 Å². The Balaban J connectivity index is 1.34. The first-order chi connectivity index (χ1) is 15.1. The van der Waals surface area contributed by atoms with E-state index in [1.807, 2.05) is 48.7 Å². The second kappa shape index (κ2) is 10.0. The first-order valence-electron chi connectivity index (χ1n) is 9.50. The maximum absolute atomic E-state index is 6.22. The third kappa shape index (κ3) is 5.49. The Morgan fingerprint density at radius 2 is 1.74 bits per heavy atom. The van der Waals surface area contributed by atoms with E-state index in [4.69, 9.17) is 26.9 Å². The van der Waals surface area contributed by atoms with E-state index in [0.717, 1.165) is 27.8 Å². The predicted octanol–water partition coefficient (Wildman–Crippen LogP) is 5.04. The van der Waals surface area contributed by atoms with Gasteiger partial charge in [-0.1, -0.05) is 23.4 Å². The summed E-state index contributed by atoms with van der Waals surface area (Å²) in [6.45, 7) is 2.98. The molecule has 0 unspecified atom stereocenters. The van der Waals surface area contributed by atoms with Crippen molar-refractivity contribution in [2.45, 2.75) is 24.4 Å². The molecule has 2 heterocycles. The molecule has 0 radical (unpaired) electrons. The van der Waals surface area contributed by atoms with E-state index in [1.165, 1.54) is 16.4 Å². The maximum Gasteiger partial charge on any atom is 0.210 e. The van der Waals surface area contributed by atoms with Gasteiger partial charge in [-0.2, -0.15) is 0 Å². The molecule has 10 heteroatoms. The van der Waals surface area contributed by atoms with Crippen molar-refractivity contribution in [3.63, 3.8) is 0 Å². The van der Waals surface area contributed by atoms with Gasteiger partial charge in [0.2, 0.25) is 5.16 Å². The number of nitrogens with two attached hydrogens (primary N) is 1. The van der Waals surface area contributed by atoms with Gasteiger partial charge in [0.25, 0.3) is 0 Å². The summed E-state index contributed by atoms with van der Waals surface area (Å²) in [5.41, 5.74) is 1.82. The first-order valence-corrected chi connectivity index (χ1v) is 11.7. The number of thiazole rings is 1. The standard InChI is InChI=1S/C21H20ClN5O2S2/c1-2-28-17-7-3-14(4-8-17)20-25-26-21(27(20)23)31-13-16-12-30-19(24-16)11-29-18-9-5-15(22)6-10-18/h3-10,12H,2,11,13,23H2,1H3. The molecule has 2 aromatic heterocycles. The number of halogens is 1. The van der Waals surface area contributed by atoms with Crippen LogP contribution >= 0.6 is 34.7 Å². The summed E-state index contributed by atoms with van der Waals surface area (Å²) < 4.78 is 12.7. The number of nitrogen functional groups attached to an aromatic ring is 1. The number of ether oxygens (including phenoxy) is 2. The SMILES string of the molecule is CCOc1ccc(-c2nnc(SCc3csc(COc4ccc(Cl)cc4)n3)n2N)cc1. The fourth-order valence-corrected chi connectivity index (χ4v) is 4.42. The fraction of sp³-hybridized carbons (Fsp3) is 0.190. The van der Waals surface area contributed by atoms with Crippen LogP contribution in [-0.4, -0.2) is 26.5 Å². The molecule has 0 saturated heterocycles. The number of benzene rings is 2. The van der Waals surface area contributed by atoms with Gasteiger partial charge in [-0.05, 0) is 55.5 Å². The average molecular weight is 474 g/mol. The molecule has 0 aliphatic heterocycles. The third-order valence-electron chi connectivity index (χ3n) is 4.21. The van der Waals surface area contributed by atoms with Crippen LogP contribution in [0.3, 0.4) is 0 Å². The van der Waals surface area contributed by atoms with Crippen LogP contribution < -0.4 is 15.3 Å². The molecule has 0 amide bonds. The Hall–Kier alpha value is -2.75. The Morgan fingerprint density at radius 3 is 2.48 bits per heavy atom. The largest absolute Gasteiger partial charge is 0.494 e. The number of aromatic nitrogens is 4. The summed E-state index contributed by atoms with van der Waals surface area (Å²) in [5.74, 6) is 9.02. The van der Waals surface area contributed by atoms with Crippen LogP contribution in [0.25, 0.3) is 11.4 Å². The molecule has 0 fully saturated rings. The van der Waals surface area contributed by atoms with Crippen LogP contribution in [0.15, 0.2) is 59.1 Å². The van der Waals surface area contributed by atoms with E-state index in [1.54, 1.807) is 23.5 Å². The lowest BCUT2D eigenvalue weighted by molar-refractivity contribution is 0.305. The average Bonchev–Trinajstić information content (AvgIpc) is 3.39. The molecular formula is C21H20ClN5O2S2. The van der Waals surface area contributed by atoms with Crippen LogP contribution in [-0.2, 0) is 12.4 Å². The monoisotopic (exact) mass is 473 g/mol. The van der Waals surface area contributed by atoms with Crippen molar-refractivity contribution in [2.75, 3.05) is 12.4 Å². The summed E-state index contributed by atoms with van der Waals surface area (Å²) in [5, 5.41) is 12.7. The van der Waals surface area contributed by atoms with Gasteiger partial charge in [-0.25, -0.2) is 9.66 Å². The number of hydrogen-bond donors (Lipinski definition) is 1. The lowest BCUT2D eigenvalue weighted by atomic mass is 10.2. The van der Waals surface area contributed by atoms with Gasteiger partial charge in [0, 0.05) is 21.7 Å². The number of hydrogen-bond acceptors (Lipinski definition) is 8. The van der Waals surface area contributed by atoms with Gasteiger partial charge in [0.1, 0.15) is 23.1 Å². The molecule has 160 valence electrons. The van der Waals surface area contributed by atoms with Crippen LogP contribution in [0, 0.1) is 0 Å². The minimum absolute atomic E-state index is 0.409. The molecule has 7 nitrogen and oxygen atoms in total. The predicted molar refractivity (Wildman–Crippen MR) is 124 cm³/mol. The fourth-order valence-electron chi connectivity index (χ4n) is 2.74. The zero-order chi connectivity index (χ0) is 21.6. The van der Waals surface area contributed by atoms with Gasteiger partial charge in [0.05, 0.1) is 12.3 Å². The van der Waals surface area contributed by atoms with Crippen LogP contribution in [0.2, 0.25) is 5.02 Å². The lowest BCUT2D eigenvalue weighted by Gasteiger charge is -2.05. The van der Waals surface area contributed by atoms with Gasteiger partial charge >= 0.3 is 0 Å². The molecule has 0 atom stereocenters. The molecule has 4 rings (SSSR count). The zero-order valence-corrected chi connectivity index (χ0v) is 19.1. The quantitative estimate of drug-likeness (QED) is 0.269. The Morgan fingerprint density at radius 1 is 1.03 bits per heavy atom. The van der Waals surface area contributed by atoms with E-state index < -0.39 is 0 Å². The van der Waals surface area contributed by atoms with Crippen molar-refractivity contribution in [1.82, 2.24) is 19.9 Å². The zero-order valence-electron chi connectivity index (χ0n) is 16.7. The number of thioether (sulfide) groups is 1. The normalized spacial score (nSPS) is 10.9. The van der Waals surface area contributed by atoms with Crippen LogP contribution in [0.4, 0.5) is 0 Å². The topological polar surface area (TPSA) is 88.1 Å². The lowest BCUT2D eigenvalue weighted by Crippen LogP contribution is -2.11. The maximum atomic E-state index is 6.22. The molecule has 0 aliphatic carbocycles. The summed E-state index contributed by atoms with van der Waals surface area (Å²) in [7, 11) is 0. The van der Waals surface area contributed by atoms with Crippen molar-refractivity contribution in [3.8, 4) is 22.9 Å². The van der Waals surface area contributed by atoms with E-state index in [0.29, 0.717) is 35.0 Å². The van der Waals surface area contributed by atoms with E-state index in [-0.39, 0.29) is 0 Å². The minimum atomic E-state index is 0.409. The smallest absolute Gasteiger partial charge is 0.210 e. The van der Waals surface area contributed by atoms with E-state index in [2.05, 4.69) is 15.2 Å². The highest BCUT2D eigenvalue weighted by molar-refractivity contribution is 7.98. The molecule has 2 N–H and O–H groups in total. The Kier molecular flexibility index (Phi) is 6.96. The summed E-state index contributed by atoms with van der Waals surface area (Å²) in [6.07, 6.45) is 0. The summed E-state index contributed by atoms with van der Waals surface area (Å²) in [4.78, 5) is 4.61. The molecule has 0 saturated carbocycles. The van der Waals surface area contributed by atoms with Crippen molar-refractivity contribution in [2.24, 2.45) is 0 Å². The highest BCUT2D eigenvalue weighted by Crippen LogP contribution is 2.26. The Labute approximate surface area is 193 Å². The molecule has 0 aliphatic rings. The third-order valence-corrected chi connectivity index (χ3v) is 6.31. The van der Waals surface area contributed by atoms with Gasteiger partial charge < -0.3 is 15.3 Å². The van der Waals surface area contributed by atoms with Crippen LogP contribution in [0.1, 0.15) is 17.6 Å². The van der Waals surface area contributed by atoms with E-state index in [9.17, 15) is 0 Å². The van der Waals surface area contributed by atoms with Crippen molar-refractivity contribution < 1.29 is 9.47 Å². The van der Waals surface area contributed by atoms with Crippen molar-refractivity contribution in [3.05, 3.63) is 69.6 Å². The molecule has 0 bridgehead atoms. The molecule has 31 heavy (non-hydrogen) atoms. The summed E-state index contributed by atoms with van der Waals surface area (Å²) in [6, 6.07) is 14.9. The minimum Gasteiger partial charge on any atom is -0.494 e. The second-order valence-electron chi connectivity index (χ2n) is 6.40. The van der Waals surface area contributed by atoms with Crippen LogP contribution in [0.5, 0.6) is 11.5 Å². The summed E-state index contributed by atoms with van der Waals surface area (Å²) >= 11 is 8.93. The van der Waals surface area contributed by atoms with Gasteiger partial charge in [-0.3, -0.25) is 0 Å². The second-order valence-corrected chi connectivity index (χ2v) is 8.72. The molecule has 2 aromatic carbocycles. The highest BCUT2D eigenvalue weighted by atomic mass is 35.5. The Bertz CT molecular complexity index is 1130. The molecular weight excluding hydrogens is 454 g/mol. The highest BCUT2D eigenvalue weighted by Gasteiger charge is 2.13. The first kappa shape index (κ1) is 21.5. The number of rotatable bonds is 9. The number of nitrogens with zero attached hydrogens (tertiary/aromatic N) is 4. The molecule has 4 aromatic rings. The van der Waals surface area contributed by atoms with Gasteiger partial charge in [-0.15, -0.1) is 21.5 Å². The van der Waals surface area contributed by atoms with E-state index >= 15 is 0 Å². The van der Waals surface area contributed by atoms with Gasteiger partial charge in [0.15, 0.2) is 5.82 Å². The van der Waals surface area contributed by atoms with Crippen molar-refractivity contribution in [1.29, 1.82) is 0 Å².